The number of nitrogens with zero attached hydrogens (tertiary/aromatic N) is 3. The predicted octanol–water partition coefficient (Wildman–Crippen LogP) is 3.89. The standard InChI is InChI=1S/C19H21N3OS/c1-4-22(5-2)18(23)13-24-19-16(12-20)10-11-17(21-19)15-8-6-14(3)7-9-15/h6-11H,4-5,13H2,1-3H3. The summed E-state index contributed by atoms with van der Waals surface area (Å²) in [5, 5.41) is 9.89. The van der Waals surface area contributed by atoms with Crippen molar-refractivity contribution in [2.24, 2.45) is 0 Å². The fourth-order valence-corrected chi connectivity index (χ4v) is 3.19. The third-order valence-corrected chi connectivity index (χ3v) is 4.75. The lowest BCUT2D eigenvalue weighted by Gasteiger charge is -2.18. The monoisotopic (exact) mass is 339 g/mol. The van der Waals surface area contributed by atoms with E-state index in [1.807, 2.05) is 51.1 Å². The number of pyridine rings is 1. The van der Waals surface area contributed by atoms with Gasteiger partial charge in [0.15, 0.2) is 0 Å². The lowest BCUT2D eigenvalue weighted by molar-refractivity contribution is -0.127. The van der Waals surface area contributed by atoms with E-state index in [9.17, 15) is 10.1 Å². The molecule has 4 nitrogen and oxygen atoms in total. The van der Waals surface area contributed by atoms with Crippen molar-refractivity contribution in [3.63, 3.8) is 0 Å². The second kappa shape index (κ2) is 8.51. The normalized spacial score (nSPS) is 10.2. The van der Waals surface area contributed by atoms with Crippen LogP contribution < -0.4 is 0 Å². The summed E-state index contributed by atoms with van der Waals surface area (Å²) in [7, 11) is 0. The highest BCUT2D eigenvalue weighted by Gasteiger charge is 2.13. The van der Waals surface area contributed by atoms with E-state index in [1.54, 1.807) is 11.0 Å². The molecule has 2 aromatic rings. The summed E-state index contributed by atoms with van der Waals surface area (Å²) in [6.45, 7) is 7.35. The van der Waals surface area contributed by atoms with E-state index in [0.29, 0.717) is 29.4 Å². The first-order valence-corrected chi connectivity index (χ1v) is 8.96. The number of rotatable bonds is 6. The number of carbonyl (C=O) groups is 1. The number of carbonyl (C=O) groups excluding carboxylic acids is 1. The molecular weight excluding hydrogens is 318 g/mol. The highest BCUT2D eigenvalue weighted by atomic mass is 32.2. The van der Waals surface area contributed by atoms with Crippen molar-refractivity contribution < 1.29 is 4.79 Å². The summed E-state index contributed by atoms with van der Waals surface area (Å²) in [6, 6.07) is 13.9. The minimum absolute atomic E-state index is 0.0661. The first-order chi connectivity index (χ1) is 11.6. The molecule has 24 heavy (non-hydrogen) atoms. The lowest BCUT2D eigenvalue weighted by atomic mass is 10.1. The average molecular weight is 339 g/mol. The maximum absolute atomic E-state index is 12.2. The minimum atomic E-state index is 0.0661. The largest absolute Gasteiger partial charge is 0.343 e. The van der Waals surface area contributed by atoms with Gasteiger partial charge in [0.05, 0.1) is 17.0 Å². The molecule has 0 spiro atoms. The Hall–Kier alpha value is -2.32. The fourth-order valence-electron chi connectivity index (χ4n) is 2.32. The zero-order valence-electron chi connectivity index (χ0n) is 14.2. The zero-order valence-corrected chi connectivity index (χ0v) is 15.1. The number of amides is 1. The Morgan fingerprint density at radius 1 is 1.17 bits per heavy atom. The van der Waals surface area contributed by atoms with E-state index in [2.05, 4.69) is 11.1 Å². The number of hydrogen-bond donors (Lipinski definition) is 0. The van der Waals surface area contributed by atoms with Crippen LogP contribution in [0.5, 0.6) is 0 Å². The highest BCUT2D eigenvalue weighted by Crippen LogP contribution is 2.25. The molecule has 0 N–H and O–H groups in total. The second-order valence-electron chi connectivity index (χ2n) is 5.38. The van der Waals surface area contributed by atoms with E-state index in [1.165, 1.54) is 17.3 Å². The number of nitriles is 1. The number of aryl methyl sites for hydroxylation is 1. The SMILES string of the molecule is CCN(CC)C(=O)CSc1nc(-c2ccc(C)cc2)ccc1C#N. The molecular formula is C19H21N3OS. The van der Waals surface area contributed by atoms with Crippen LogP contribution in [0, 0.1) is 18.3 Å². The third kappa shape index (κ3) is 4.36. The lowest BCUT2D eigenvalue weighted by Crippen LogP contribution is -2.31. The van der Waals surface area contributed by atoms with Crippen LogP contribution in [0.3, 0.4) is 0 Å². The molecule has 5 heteroatoms. The minimum Gasteiger partial charge on any atom is -0.343 e. The highest BCUT2D eigenvalue weighted by molar-refractivity contribution is 8.00. The maximum Gasteiger partial charge on any atom is 0.232 e. The van der Waals surface area contributed by atoms with E-state index in [4.69, 9.17) is 0 Å². The Balaban J connectivity index is 2.22. The van der Waals surface area contributed by atoms with Gasteiger partial charge in [-0.05, 0) is 32.9 Å². The van der Waals surface area contributed by atoms with Crippen molar-refractivity contribution in [1.29, 1.82) is 5.26 Å². The summed E-state index contributed by atoms with van der Waals surface area (Å²) in [5.74, 6) is 0.359. The summed E-state index contributed by atoms with van der Waals surface area (Å²) in [4.78, 5) is 18.5. The molecule has 0 aliphatic heterocycles. The van der Waals surface area contributed by atoms with Crippen molar-refractivity contribution in [1.82, 2.24) is 9.88 Å². The molecule has 0 fully saturated rings. The van der Waals surface area contributed by atoms with Gasteiger partial charge in [0.1, 0.15) is 11.1 Å². The van der Waals surface area contributed by atoms with Gasteiger partial charge in [-0.15, -0.1) is 0 Å². The van der Waals surface area contributed by atoms with Crippen molar-refractivity contribution in [3.8, 4) is 17.3 Å². The van der Waals surface area contributed by atoms with Gasteiger partial charge in [0.2, 0.25) is 5.91 Å². The van der Waals surface area contributed by atoms with Gasteiger partial charge < -0.3 is 4.90 Å². The average Bonchev–Trinajstić information content (AvgIpc) is 2.61. The Kier molecular flexibility index (Phi) is 6.39. The molecule has 1 amide bonds. The fraction of sp³-hybridized carbons (Fsp3) is 0.316. The van der Waals surface area contributed by atoms with Crippen molar-refractivity contribution >= 4 is 17.7 Å². The molecule has 1 heterocycles. The second-order valence-corrected chi connectivity index (χ2v) is 6.35. The topological polar surface area (TPSA) is 57.0 Å². The molecule has 0 radical (unpaired) electrons. The molecule has 0 aliphatic carbocycles. The molecule has 2 rings (SSSR count). The van der Waals surface area contributed by atoms with Crippen LogP contribution in [0.15, 0.2) is 41.4 Å². The molecule has 0 saturated heterocycles. The molecule has 124 valence electrons. The van der Waals surface area contributed by atoms with Crippen molar-refractivity contribution in [3.05, 3.63) is 47.5 Å². The molecule has 0 saturated carbocycles. The van der Waals surface area contributed by atoms with Crippen LogP contribution in [0.2, 0.25) is 0 Å². The number of thioether (sulfide) groups is 1. The van der Waals surface area contributed by atoms with Crippen molar-refractivity contribution in [2.45, 2.75) is 25.8 Å². The van der Waals surface area contributed by atoms with Crippen LogP contribution in [0.4, 0.5) is 0 Å². The smallest absolute Gasteiger partial charge is 0.232 e. The van der Waals surface area contributed by atoms with Crippen LogP contribution in [0.25, 0.3) is 11.3 Å². The maximum atomic E-state index is 12.2. The van der Waals surface area contributed by atoms with E-state index < -0.39 is 0 Å². The quantitative estimate of drug-likeness (QED) is 0.749. The van der Waals surface area contributed by atoms with Gasteiger partial charge in [-0.25, -0.2) is 4.98 Å². The zero-order chi connectivity index (χ0) is 17.5. The Morgan fingerprint density at radius 3 is 2.42 bits per heavy atom. The summed E-state index contributed by atoms with van der Waals surface area (Å²) >= 11 is 1.33. The molecule has 0 bridgehead atoms. The Labute approximate surface area is 147 Å². The van der Waals surface area contributed by atoms with Gasteiger partial charge >= 0.3 is 0 Å². The van der Waals surface area contributed by atoms with Crippen LogP contribution >= 0.6 is 11.8 Å². The summed E-state index contributed by atoms with van der Waals surface area (Å²) in [5.41, 5.74) is 3.50. The van der Waals surface area contributed by atoms with Gasteiger partial charge in [0, 0.05) is 18.7 Å². The van der Waals surface area contributed by atoms with Crippen LogP contribution in [-0.4, -0.2) is 34.6 Å². The van der Waals surface area contributed by atoms with E-state index >= 15 is 0 Å². The first-order valence-electron chi connectivity index (χ1n) is 7.97. The van der Waals surface area contributed by atoms with Gasteiger partial charge in [-0.1, -0.05) is 41.6 Å². The van der Waals surface area contributed by atoms with Crippen LogP contribution in [-0.2, 0) is 4.79 Å². The molecule has 1 aromatic carbocycles. The number of aromatic nitrogens is 1. The van der Waals surface area contributed by atoms with Gasteiger partial charge in [-0.3, -0.25) is 4.79 Å². The predicted molar refractivity (Wildman–Crippen MR) is 97.8 cm³/mol. The van der Waals surface area contributed by atoms with Crippen LogP contribution in [0.1, 0.15) is 25.0 Å². The Morgan fingerprint density at radius 2 is 1.83 bits per heavy atom. The molecule has 0 atom stereocenters. The van der Waals surface area contributed by atoms with E-state index in [0.717, 1.165) is 11.3 Å². The number of hydrogen-bond acceptors (Lipinski definition) is 4. The van der Waals surface area contributed by atoms with Gasteiger partial charge in [0.25, 0.3) is 0 Å². The van der Waals surface area contributed by atoms with E-state index in [-0.39, 0.29) is 5.91 Å². The first kappa shape index (κ1) is 18.0. The Bertz CT molecular complexity index is 746. The third-order valence-electron chi connectivity index (χ3n) is 3.78. The summed E-state index contributed by atoms with van der Waals surface area (Å²) in [6.07, 6.45) is 0. The van der Waals surface area contributed by atoms with Crippen molar-refractivity contribution in [2.75, 3.05) is 18.8 Å². The van der Waals surface area contributed by atoms with Gasteiger partial charge in [-0.2, -0.15) is 5.26 Å². The molecule has 0 unspecified atom stereocenters. The molecule has 0 aliphatic rings. The summed E-state index contributed by atoms with van der Waals surface area (Å²) < 4.78 is 0. The molecule has 1 aromatic heterocycles. The number of benzene rings is 1.